The summed E-state index contributed by atoms with van der Waals surface area (Å²) >= 11 is 0. The lowest BCUT2D eigenvalue weighted by Crippen LogP contribution is -2.36. The van der Waals surface area contributed by atoms with Crippen molar-refractivity contribution in [2.24, 2.45) is 5.73 Å². The average molecular weight is 442 g/mol. The number of carbonyl (C=O) groups excluding carboxylic acids is 1. The molecule has 0 radical (unpaired) electrons. The minimum atomic E-state index is -4.56. The van der Waals surface area contributed by atoms with Crippen LogP contribution in [0.3, 0.4) is 0 Å². The molecule has 2 rings (SSSR count). The summed E-state index contributed by atoms with van der Waals surface area (Å²) in [5.41, 5.74) is 6.39. The zero-order chi connectivity index (χ0) is 23.2. The first kappa shape index (κ1) is 24.1. The number of carbonyl (C=O) groups is 1. The largest absolute Gasteiger partial charge is 0.492 e. The summed E-state index contributed by atoms with van der Waals surface area (Å²) in [5.74, 6) is -0.336. The van der Waals surface area contributed by atoms with Gasteiger partial charge in [-0.3, -0.25) is 4.79 Å². The van der Waals surface area contributed by atoms with Crippen LogP contribution in [0.4, 0.5) is 13.2 Å². The fourth-order valence-electron chi connectivity index (χ4n) is 2.98. The van der Waals surface area contributed by atoms with Crippen LogP contribution in [0.2, 0.25) is 0 Å². The van der Waals surface area contributed by atoms with Crippen molar-refractivity contribution in [3.05, 3.63) is 41.5 Å². The highest BCUT2D eigenvalue weighted by Crippen LogP contribution is 2.48. The van der Waals surface area contributed by atoms with Crippen molar-refractivity contribution in [2.75, 3.05) is 41.5 Å². The molecule has 0 fully saturated rings. The summed E-state index contributed by atoms with van der Waals surface area (Å²) in [4.78, 5) is 13.3. The van der Waals surface area contributed by atoms with E-state index in [9.17, 15) is 18.0 Å². The zero-order valence-corrected chi connectivity index (χ0v) is 17.7. The van der Waals surface area contributed by atoms with E-state index in [0.29, 0.717) is 23.6 Å². The summed E-state index contributed by atoms with van der Waals surface area (Å²) in [6, 6.07) is 8.34. The molecule has 0 atom stereocenters. The normalized spacial score (nSPS) is 11.1. The fraction of sp³-hybridized carbons (Fsp3) is 0.381. The molecule has 1 amide bonds. The summed E-state index contributed by atoms with van der Waals surface area (Å²) in [7, 11) is 5.00. The van der Waals surface area contributed by atoms with Gasteiger partial charge in [-0.1, -0.05) is 12.1 Å². The van der Waals surface area contributed by atoms with Gasteiger partial charge in [0.2, 0.25) is 11.5 Å². The number of amides is 1. The molecule has 7 nitrogen and oxygen atoms in total. The smallest absolute Gasteiger partial charge is 0.406 e. The van der Waals surface area contributed by atoms with Gasteiger partial charge in [0, 0.05) is 13.1 Å². The van der Waals surface area contributed by atoms with Crippen LogP contribution in [-0.4, -0.2) is 58.4 Å². The van der Waals surface area contributed by atoms with Crippen molar-refractivity contribution in [3.8, 4) is 28.7 Å². The number of ether oxygens (including phenoxy) is 4. The number of hydrogen-bond donors (Lipinski definition) is 1. The van der Waals surface area contributed by atoms with E-state index in [1.807, 2.05) is 12.1 Å². The van der Waals surface area contributed by atoms with Crippen LogP contribution in [-0.2, 0) is 6.42 Å². The van der Waals surface area contributed by atoms with E-state index >= 15 is 0 Å². The Labute approximate surface area is 178 Å². The maximum atomic E-state index is 12.8. The number of benzene rings is 2. The lowest BCUT2D eigenvalue weighted by molar-refractivity contribution is -0.138. The lowest BCUT2D eigenvalue weighted by atomic mass is 10.1. The molecule has 170 valence electrons. The second-order valence-electron chi connectivity index (χ2n) is 6.58. The average Bonchev–Trinajstić information content (AvgIpc) is 2.72. The van der Waals surface area contributed by atoms with Crippen LogP contribution in [0.25, 0.3) is 0 Å². The Kier molecular flexibility index (Phi) is 7.98. The third-order valence-corrected chi connectivity index (χ3v) is 4.35. The molecule has 0 aliphatic rings. The van der Waals surface area contributed by atoms with Crippen molar-refractivity contribution in [1.29, 1.82) is 0 Å². The number of nitrogens with zero attached hydrogens (tertiary/aromatic N) is 1. The van der Waals surface area contributed by atoms with Gasteiger partial charge in [-0.2, -0.15) is 13.2 Å². The number of halogens is 3. The molecule has 0 saturated carbocycles. The van der Waals surface area contributed by atoms with Crippen LogP contribution in [0.15, 0.2) is 30.3 Å². The SMILES string of the molecule is COc1c(Oc2ccc(CCN)cc2)cc(C(=O)N(C)CC(F)(F)F)c(OC)c1OC. The molecule has 31 heavy (non-hydrogen) atoms. The molecule has 2 N–H and O–H groups in total. The third kappa shape index (κ3) is 5.94. The van der Waals surface area contributed by atoms with Gasteiger partial charge in [0.1, 0.15) is 12.3 Å². The topological polar surface area (TPSA) is 83.3 Å². The van der Waals surface area contributed by atoms with E-state index < -0.39 is 18.6 Å². The maximum absolute atomic E-state index is 12.8. The van der Waals surface area contributed by atoms with Gasteiger partial charge < -0.3 is 29.6 Å². The Morgan fingerprint density at radius 3 is 2.06 bits per heavy atom. The molecule has 2 aromatic carbocycles. The van der Waals surface area contributed by atoms with Crippen LogP contribution in [0, 0.1) is 0 Å². The molecule has 0 bridgehead atoms. The van der Waals surface area contributed by atoms with E-state index in [1.54, 1.807) is 12.1 Å². The van der Waals surface area contributed by atoms with Crippen LogP contribution >= 0.6 is 0 Å². The van der Waals surface area contributed by atoms with Gasteiger partial charge in [0.05, 0.1) is 26.9 Å². The third-order valence-electron chi connectivity index (χ3n) is 4.35. The second kappa shape index (κ2) is 10.3. The summed E-state index contributed by atoms with van der Waals surface area (Å²) in [5, 5.41) is 0. The minimum Gasteiger partial charge on any atom is -0.492 e. The maximum Gasteiger partial charge on any atom is 0.406 e. The number of nitrogens with two attached hydrogens (primary N) is 1. The molecule has 2 aromatic rings. The highest BCUT2D eigenvalue weighted by molar-refractivity contribution is 5.99. The van der Waals surface area contributed by atoms with E-state index in [4.69, 9.17) is 24.7 Å². The zero-order valence-electron chi connectivity index (χ0n) is 17.7. The Bertz CT molecular complexity index is 901. The first-order chi connectivity index (χ1) is 14.6. The molecule has 0 aliphatic carbocycles. The summed E-state index contributed by atoms with van der Waals surface area (Å²) in [6.45, 7) is -0.928. The van der Waals surface area contributed by atoms with E-state index in [2.05, 4.69) is 0 Å². The summed E-state index contributed by atoms with van der Waals surface area (Å²) < 4.78 is 60.2. The molecule has 0 unspecified atom stereocenters. The Balaban J connectivity index is 2.52. The van der Waals surface area contributed by atoms with E-state index in [0.717, 1.165) is 12.6 Å². The standard InChI is InChI=1S/C21H25F3N2O5/c1-26(12-21(22,23)24)20(27)15-11-16(18(29-3)19(30-4)17(15)28-2)31-14-7-5-13(6-8-14)9-10-25/h5-8,11H,9-10,12,25H2,1-4H3. The van der Waals surface area contributed by atoms with Gasteiger partial charge in [0.15, 0.2) is 11.5 Å². The Morgan fingerprint density at radius 1 is 1.00 bits per heavy atom. The molecule has 10 heteroatoms. The van der Waals surface area contributed by atoms with Gasteiger partial charge in [-0.15, -0.1) is 0 Å². The Hall–Kier alpha value is -3.14. The quantitative estimate of drug-likeness (QED) is 0.639. The molecular formula is C21H25F3N2O5. The first-order valence-electron chi connectivity index (χ1n) is 9.27. The highest BCUT2D eigenvalue weighted by Gasteiger charge is 2.34. The van der Waals surface area contributed by atoms with E-state index in [-0.39, 0.29) is 28.6 Å². The predicted octanol–water partition coefficient (Wildman–Crippen LogP) is 3.64. The second-order valence-corrected chi connectivity index (χ2v) is 6.58. The van der Waals surface area contributed by atoms with Crippen molar-refractivity contribution < 1.29 is 36.9 Å². The number of alkyl halides is 3. The number of hydrogen-bond acceptors (Lipinski definition) is 6. The van der Waals surface area contributed by atoms with Crippen molar-refractivity contribution in [2.45, 2.75) is 12.6 Å². The highest BCUT2D eigenvalue weighted by atomic mass is 19.4. The van der Waals surface area contributed by atoms with Gasteiger partial charge in [-0.05, 0) is 30.7 Å². The van der Waals surface area contributed by atoms with E-state index in [1.165, 1.54) is 27.4 Å². The predicted molar refractivity (Wildman–Crippen MR) is 108 cm³/mol. The monoisotopic (exact) mass is 442 g/mol. The van der Waals surface area contributed by atoms with Crippen LogP contribution in [0.5, 0.6) is 28.7 Å². The van der Waals surface area contributed by atoms with Gasteiger partial charge >= 0.3 is 6.18 Å². The van der Waals surface area contributed by atoms with Crippen LogP contribution in [0.1, 0.15) is 15.9 Å². The molecule has 0 saturated heterocycles. The molecule has 0 heterocycles. The van der Waals surface area contributed by atoms with Crippen LogP contribution < -0.4 is 24.7 Å². The molecule has 0 aliphatic heterocycles. The fourth-order valence-corrected chi connectivity index (χ4v) is 2.98. The number of rotatable bonds is 9. The molecule has 0 aromatic heterocycles. The molecular weight excluding hydrogens is 417 g/mol. The number of methoxy groups -OCH3 is 3. The minimum absolute atomic E-state index is 0.0195. The first-order valence-corrected chi connectivity index (χ1v) is 9.27. The van der Waals surface area contributed by atoms with Gasteiger partial charge in [-0.25, -0.2) is 0 Å². The Morgan fingerprint density at radius 2 is 1.58 bits per heavy atom. The van der Waals surface area contributed by atoms with Gasteiger partial charge in [0.25, 0.3) is 5.91 Å². The van der Waals surface area contributed by atoms with Crippen molar-refractivity contribution >= 4 is 5.91 Å². The summed E-state index contributed by atoms with van der Waals surface area (Å²) in [6.07, 6.45) is -3.86. The van der Waals surface area contributed by atoms with Crippen molar-refractivity contribution in [1.82, 2.24) is 4.90 Å². The lowest BCUT2D eigenvalue weighted by Gasteiger charge is -2.23. The van der Waals surface area contributed by atoms with Crippen molar-refractivity contribution in [3.63, 3.8) is 0 Å². The molecule has 0 spiro atoms.